The predicted octanol–water partition coefficient (Wildman–Crippen LogP) is 1.88. The Morgan fingerprint density at radius 1 is 1.57 bits per heavy atom. The van der Waals surface area contributed by atoms with Crippen LogP contribution in [0.25, 0.3) is 0 Å². The van der Waals surface area contributed by atoms with E-state index in [4.69, 9.17) is 0 Å². The topological polar surface area (TPSA) is 46.9 Å². The Labute approximate surface area is 84.3 Å². The summed E-state index contributed by atoms with van der Waals surface area (Å²) in [5, 5.41) is 2.82. The highest BCUT2D eigenvalue weighted by atomic mass is 16.2. The van der Waals surface area contributed by atoms with E-state index in [9.17, 15) is 4.79 Å². The van der Waals surface area contributed by atoms with Crippen molar-refractivity contribution >= 4 is 6.03 Å². The van der Waals surface area contributed by atoms with Gasteiger partial charge in [-0.05, 0) is 18.8 Å². The number of carbonyl (C=O) groups excluding carboxylic acids is 1. The van der Waals surface area contributed by atoms with Gasteiger partial charge in [0.2, 0.25) is 0 Å². The van der Waals surface area contributed by atoms with Crippen molar-refractivity contribution in [3.05, 3.63) is 18.7 Å². The van der Waals surface area contributed by atoms with Crippen LogP contribution in [0.3, 0.4) is 0 Å². The fourth-order valence-electron chi connectivity index (χ4n) is 1.18. The number of hydrogen-bond acceptors (Lipinski definition) is 2. The van der Waals surface area contributed by atoms with Crippen LogP contribution >= 0.6 is 0 Å². The first-order valence-corrected chi connectivity index (χ1v) is 4.96. The van der Waals surface area contributed by atoms with Crippen molar-refractivity contribution in [2.45, 2.75) is 26.7 Å². The van der Waals surface area contributed by atoms with E-state index < -0.39 is 0 Å². The zero-order valence-electron chi connectivity index (χ0n) is 8.73. The molecule has 4 nitrogen and oxygen atoms in total. The zero-order valence-corrected chi connectivity index (χ0v) is 8.73. The third-order valence-electron chi connectivity index (χ3n) is 1.97. The highest BCUT2D eigenvalue weighted by Crippen LogP contribution is 2.01. The molecule has 1 aromatic heterocycles. The summed E-state index contributed by atoms with van der Waals surface area (Å²) in [7, 11) is 0. The number of amides is 1. The lowest BCUT2D eigenvalue weighted by Gasteiger charge is -2.06. The predicted molar refractivity (Wildman–Crippen MR) is 55.1 cm³/mol. The summed E-state index contributed by atoms with van der Waals surface area (Å²) in [6.07, 6.45) is 6.89. The normalized spacial score (nSPS) is 10.5. The van der Waals surface area contributed by atoms with Crippen LogP contribution in [0.1, 0.15) is 26.7 Å². The van der Waals surface area contributed by atoms with Crippen LogP contribution in [-0.2, 0) is 0 Å². The number of hydrogen-bond donors (Lipinski definition) is 1. The van der Waals surface area contributed by atoms with Gasteiger partial charge in [0.25, 0.3) is 0 Å². The van der Waals surface area contributed by atoms with Gasteiger partial charge >= 0.3 is 6.03 Å². The molecular weight excluding hydrogens is 178 g/mol. The van der Waals surface area contributed by atoms with Gasteiger partial charge in [-0.15, -0.1) is 0 Å². The summed E-state index contributed by atoms with van der Waals surface area (Å²) in [4.78, 5) is 15.2. The number of imidazole rings is 1. The van der Waals surface area contributed by atoms with E-state index in [0.29, 0.717) is 5.92 Å². The molecule has 0 atom stereocenters. The average molecular weight is 195 g/mol. The molecule has 1 aromatic rings. The summed E-state index contributed by atoms with van der Waals surface area (Å²) in [6, 6.07) is -0.105. The maximum atomic E-state index is 11.4. The van der Waals surface area contributed by atoms with Crippen LogP contribution < -0.4 is 5.32 Å². The lowest BCUT2D eigenvalue weighted by molar-refractivity contribution is 0.242. The van der Waals surface area contributed by atoms with E-state index in [0.717, 1.165) is 19.4 Å². The molecule has 0 spiro atoms. The number of carbonyl (C=O) groups is 1. The van der Waals surface area contributed by atoms with Crippen molar-refractivity contribution in [2.75, 3.05) is 6.54 Å². The smallest absolute Gasteiger partial charge is 0.326 e. The first-order valence-electron chi connectivity index (χ1n) is 4.96. The number of nitrogens with one attached hydrogen (secondary N) is 1. The molecular formula is C10H17N3O. The van der Waals surface area contributed by atoms with Crippen LogP contribution in [0, 0.1) is 5.92 Å². The maximum absolute atomic E-state index is 11.4. The molecule has 0 bridgehead atoms. The Morgan fingerprint density at radius 2 is 2.36 bits per heavy atom. The van der Waals surface area contributed by atoms with E-state index >= 15 is 0 Å². The van der Waals surface area contributed by atoms with Crippen molar-refractivity contribution in [2.24, 2.45) is 5.92 Å². The van der Waals surface area contributed by atoms with Gasteiger partial charge in [0.05, 0.1) is 0 Å². The fourth-order valence-corrected chi connectivity index (χ4v) is 1.18. The molecule has 0 radical (unpaired) electrons. The first kappa shape index (κ1) is 10.8. The molecule has 1 heterocycles. The number of rotatable bonds is 4. The first-order chi connectivity index (χ1) is 6.70. The third-order valence-corrected chi connectivity index (χ3v) is 1.97. The molecule has 78 valence electrons. The van der Waals surface area contributed by atoms with Crippen LogP contribution in [0.5, 0.6) is 0 Å². The lowest BCUT2D eigenvalue weighted by atomic mass is 10.1. The summed E-state index contributed by atoms with van der Waals surface area (Å²) in [5.74, 6) is 0.695. The van der Waals surface area contributed by atoms with Crippen LogP contribution in [0.2, 0.25) is 0 Å². The number of aromatic nitrogens is 2. The average Bonchev–Trinajstić information content (AvgIpc) is 2.64. The van der Waals surface area contributed by atoms with Crippen LogP contribution in [0.4, 0.5) is 4.79 Å². The van der Waals surface area contributed by atoms with E-state index in [2.05, 4.69) is 24.1 Å². The summed E-state index contributed by atoms with van der Waals surface area (Å²) >= 11 is 0. The lowest BCUT2D eigenvalue weighted by Crippen LogP contribution is -2.28. The summed E-state index contributed by atoms with van der Waals surface area (Å²) in [6.45, 7) is 5.09. The molecule has 0 saturated carbocycles. The van der Waals surface area contributed by atoms with Crippen molar-refractivity contribution < 1.29 is 4.79 Å². The SMILES string of the molecule is CC(C)CCCNC(=O)n1ccnc1. The van der Waals surface area contributed by atoms with Gasteiger partial charge in [0.1, 0.15) is 6.33 Å². The minimum Gasteiger partial charge on any atom is -0.337 e. The molecule has 1 rings (SSSR count). The third kappa shape index (κ3) is 3.60. The fraction of sp³-hybridized carbons (Fsp3) is 0.600. The Bertz CT molecular complexity index is 267. The Kier molecular flexibility index (Phi) is 4.16. The molecule has 0 saturated heterocycles. The van der Waals surface area contributed by atoms with Gasteiger partial charge < -0.3 is 5.32 Å². The quantitative estimate of drug-likeness (QED) is 0.745. The largest absolute Gasteiger partial charge is 0.337 e. The maximum Gasteiger partial charge on any atom is 0.326 e. The van der Waals surface area contributed by atoms with Gasteiger partial charge in [-0.1, -0.05) is 13.8 Å². The van der Waals surface area contributed by atoms with Crippen molar-refractivity contribution in [1.82, 2.24) is 14.9 Å². The van der Waals surface area contributed by atoms with E-state index in [1.54, 1.807) is 12.4 Å². The zero-order chi connectivity index (χ0) is 10.4. The Morgan fingerprint density at radius 3 is 2.93 bits per heavy atom. The molecule has 1 N–H and O–H groups in total. The van der Waals surface area contributed by atoms with Crippen molar-refractivity contribution in [3.63, 3.8) is 0 Å². The summed E-state index contributed by atoms with van der Waals surface area (Å²) < 4.78 is 1.44. The second-order valence-corrected chi connectivity index (χ2v) is 3.74. The van der Waals surface area contributed by atoms with Crippen LogP contribution in [0.15, 0.2) is 18.7 Å². The minimum absolute atomic E-state index is 0.105. The Hall–Kier alpha value is -1.32. The van der Waals surface area contributed by atoms with Gasteiger partial charge in [-0.2, -0.15) is 0 Å². The molecule has 0 aliphatic carbocycles. The van der Waals surface area contributed by atoms with Crippen molar-refractivity contribution in [3.8, 4) is 0 Å². The van der Waals surface area contributed by atoms with E-state index in [-0.39, 0.29) is 6.03 Å². The minimum atomic E-state index is -0.105. The summed E-state index contributed by atoms with van der Waals surface area (Å²) in [5.41, 5.74) is 0. The van der Waals surface area contributed by atoms with Crippen LogP contribution in [-0.4, -0.2) is 22.1 Å². The second kappa shape index (κ2) is 5.42. The van der Waals surface area contributed by atoms with Crippen molar-refractivity contribution in [1.29, 1.82) is 0 Å². The standard InChI is InChI=1S/C10H17N3O/c1-9(2)4-3-5-12-10(14)13-7-6-11-8-13/h6-9H,3-5H2,1-2H3,(H,12,14). The molecule has 0 aromatic carbocycles. The Balaban J connectivity index is 2.16. The molecule has 14 heavy (non-hydrogen) atoms. The van der Waals surface area contributed by atoms with Gasteiger partial charge in [0, 0.05) is 18.9 Å². The molecule has 0 unspecified atom stereocenters. The molecule has 4 heteroatoms. The van der Waals surface area contributed by atoms with Gasteiger partial charge in [-0.25, -0.2) is 9.78 Å². The van der Waals surface area contributed by atoms with Gasteiger partial charge in [0.15, 0.2) is 0 Å². The second-order valence-electron chi connectivity index (χ2n) is 3.74. The van der Waals surface area contributed by atoms with E-state index in [1.165, 1.54) is 10.9 Å². The molecule has 0 aliphatic heterocycles. The molecule has 0 fully saturated rings. The monoisotopic (exact) mass is 195 g/mol. The van der Waals surface area contributed by atoms with E-state index in [1.807, 2.05) is 0 Å². The van der Waals surface area contributed by atoms with Gasteiger partial charge in [-0.3, -0.25) is 4.57 Å². The molecule has 1 amide bonds. The highest BCUT2D eigenvalue weighted by Gasteiger charge is 2.01. The highest BCUT2D eigenvalue weighted by molar-refractivity contribution is 5.76. The number of nitrogens with zero attached hydrogens (tertiary/aromatic N) is 2. The molecule has 0 aliphatic rings.